The van der Waals surface area contributed by atoms with E-state index in [1.807, 2.05) is 0 Å². The molecule has 5 N–H and O–H groups in total. The molecule has 3 heterocycles. The number of amides is 2. The van der Waals surface area contributed by atoms with Crippen molar-refractivity contribution >= 4 is 35.7 Å². The van der Waals surface area contributed by atoms with Crippen molar-refractivity contribution in [1.29, 1.82) is 0 Å². The number of nitrogens with zero attached hydrogens (tertiary/aromatic N) is 1. The Balaban J connectivity index is 0.000000271. The summed E-state index contributed by atoms with van der Waals surface area (Å²) in [5.74, 6) is -5.80. The van der Waals surface area contributed by atoms with E-state index < -0.39 is 59.0 Å². The Bertz CT molecular complexity index is 1670. The minimum Gasteiger partial charge on any atom is -0.508 e. The number of carboxylic acid groups (broad SMARTS) is 3. The first-order valence-corrected chi connectivity index (χ1v) is 12.1. The molecule has 6 rings (SSSR count). The van der Waals surface area contributed by atoms with E-state index >= 15 is 0 Å². The molecule has 42 heavy (non-hydrogen) atoms. The minimum atomic E-state index is -1.67. The number of phenolic OH excluding ortho intramolecular Hbond substituents is 2. The lowest BCUT2D eigenvalue weighted by molar-refractivity contribution is -0.148. The van der Waals surface area contributed by atoms with Gasteiger partial charge in [0.2, 0.25) is 11.8 Å². The van der Waals surface area contributed by atoms with Gasteiger partial charge >= 0.3 is 23.9 Å². The molecular weight excluding hydrogens is 558 g/mol. The van der Waals surface area contributed by atoms with Crippen LogP contribution in [0.5, 0.6) is 23.0 Å². The number of imide groups is 1. The molecule has 0 aromatic heterocycles. The Labute approximate surface area is 234 Å². The largest absolute Gasteiger partial charge is 0.508 e. The fraction of sp³-hybridized carbons (Fsp3) is 0.143. The highest BCUT2D eigenvalue weighted by molar-refractivity contribution is 6.06. The standard InChI is InChI=1S/C22H12O9.C6H7NO4/c23-9-1-3-14-17(5-9)30-18-6-10(24)2-4-15(18)22(14)16-8-12(20(27)28)11(19(25)26)7-13(16)21(29)31-22;8-4-1-2-5(9)7(4)3-6(10)11/h1-8,23-24H,(H,25,26)(H,27,28);1-3H2,(H,10,11). The molecule has 0 saturated carbocycles. The first kappa shape index (κ1) is 27.6. The molecule has 1 saturated heterocycles. The van der Waals surface area contributed by atoms with E-state index in [-0.39, 0.29) is 47.0 Å². The summed E-state index contributed by atoms with van der Waals surface area (Å²) in [6.07, 6.45) is 0.290. The first-order valence-electron chi connectivity index (χ1n) is 12.1. The molecule has 2 amide bonds. The summed E-state index contributed by atoms with van der Waals surface area (Å²) < 4.78 is 11.6. The first-order chi connectivity index (χ1) is 19.8. The second-order valence-corrected chi connectivity index (χ2v) is 9.35. The van der Waals surface area contributed by atoms with Crippen LogP contribution < -0.4 is 4.74 Å². The van der Waals surface area contributed by atoms with Crippen LogP contribution in [0.3, 0.4) is 0 Å². The number of phenols is 2. The zero-order valence-electron chi connectivity index (χ0n) is 21.2. The van der Waals surface area contributed by atoms with Gasteiger partial charge in [0.05, 0.1) is 16.7 Å². The van der Waals surface area contributed by atoms with Crippen LogP contribution in [0.1, 0.15) is 60.6 Å². The number of hydrogen-bond acceptors (Lipinski definition) is 10. The molecule has 0 unspecified atom stereocenters. The molecule has 1 spiro atoms. The molecule has 0 bridgehead atoms. The summed E-state index contributed by atoms with van der Waals surface area (Å²) in [7, 11) is 0. The maximum Gasteiger partial charge on any atom is 0.340 e. The summed E-state index contributed by atoms with van der Waals surface area (Å²) in [5, 5.41) is 47.1. The third-order valence-corrected chi connectivity index (χ3v) is 6.82. The Hall–Kier alpha value is -5.92. The van der Waals surface area contributed by atoms with Gasteiger partial charge in [-0.05, 0) is 36.4 Å². The monoisotopic (exact) mass is 577 g/mol. The summed E-state index contributed by atoms with van der Waals surface area (Å²) >= 11 is 0. The van der Waals surface area contributed by atoms with Gasteiger partial charge in [-0.1, -0.05) is 0 Å². The normalized spacial score (nSPS) is 15.5. The van der Waals surface area contributed by atoms with Crippen LogP contribution in [0.15, 0.2) is 48.5 Å². The smallest absolute Gasteiger partial charge is 0.340 e. The number of carboxylic acids is 3. The lowest BCUT2D eigenvalue weighted by atomic mass is 9.76. The summed E-state index contributed by atoms with van der Waals surface area (Å²) in [6, 6.07) is 10.3. The van der Waals surface area contributed by atoms with Crippen LogP contribution in [0, 0.1) is 0 Å². The van der Waals surface area contributed by atoms with Gasteiger partial charge in [0, 0.05) is 41.7 Å². The second kappa shape index (κ2) is 9.92. The minimum absolute atomic E-state index is 0.109. The average molecular weight is 577 g/mol. The van der Waals surface area contributed by atoms with Crippen molar-refractivity contribution in [3.63, 3.8) is 0 Å². The van der Waals surface area contributed by atoms with E-state index in [9.17, 15) is 49.2 Å². The van der Waals surface area contributed by atoms with Gasteiger partial charge in [0.25, 0.3) is 0 Å². The lowest BCUT2D eigenvalue weighted by Gasteiger charge is -2.36. The van der Waals surface area contributed by atoms with E-state index in [0.29, 0.717) is 11.1 Å². The Morgan fingerprint density at radius 2 is 1.24 bits per heavy atom. The van der Waals surface area contributed by atoms with E-state index in [1.54, 1.807) is 0 Å². The highest BCUT2D eigenvalue weighted by Crippen LogP contribution is 2.57. The molecule has 1 fully saturated rings. The number of esters is 1. The number of benzene rings is 3. The topological polar surface area (TPSA) is 225 Å². The van der Waals surface area contributed by atoms with Crippen molar-refractivity contribution in [1.82, 2.24) is 4.90 Å². The molecule has 3 aromatic carbocycles. The third kappa shape index (κ3) is 4.40. The molecular formula is C28H19NO13. The summed E-state index contributed by atoms with van der Waals surface area (Å²) in [6.45, 7) is -0.502. The second-order valence-electron chi connectivity index (χ2n) is 9.35. The number of carbonyl (C=O) groups is 6. The highest BCUT2D eigenvalue weighted by Gasteiger charge is 2.54. The van der Waals surface area contributed by atoms with Gasteiger partial charge in [-0.3, -0.25) is 19.3 Å². The molecule has 3 aromatic rings. The lowest BCUT2D eigenvalue weighted by Crippen LogP contribution is -2.34. The molecule has 0 atom stereocenters. The molecule has 0 aliphatic carbocycles. The van der Waals surface area contributed by atoms with Gasteiger partial charge in [-0.2, -0.15) is 0 Å². The van der Waals surface area contributed by atoms with Gasteiger partial charge in [0.1, 0.15) is 29.5 Å². The average Bonchev–Trinajstić information content (AvgIpc) is 3.38. The molecule has 14 nitrogen and oxygen atoms in total. The number of ether oxygens (including phenoxy) is 2. The Morgan fingerprint density at radius 3 is 1.71 bits per heavy atom. The van der Waals surface area contributed by atoms with E-state index in [2.05, 4.69) is 0 Å². The molecule has 14 heteroatoms. The van der Waals surface area contributed by atoms with Crippen molar-refractivity contribution in [2.75, 3.05) is 6.54 Å². The number of aromatic hydroxyl groups is 2. The SMILES string of the molecule is O=C(O)CN1C(=O)CCC1=O.O=C(O)c1cc2c(cc1C(=O)O)C1(OC2=O)c2ccc(O)cc2Oc2cc(O)ccc21. The highest BCUT2D eigenvalue weighted by atomic mass is 16.6. The number of rotatable bonds is 4. The third-order valence-electron chi connectivity index (χ3n) is 6.82. The van der Waals surface area contributed by atoms with Crippen LogP contribution in [-0.2, 0) is 24.7 Å². The predicted octanol–water partition coefficient (Wildman–Crippen LogP) is 2.28. The molecule has 3 aliphatic heterocycles. The van der Waals surface area contributed by atoms with Gasteiger partial charge < -0.3 is 35.0 Å². The van der Waals surface area contributed by atoms with E-state index in [1.165, 1.54) is 36.4 Å². The molecule has 214 valence electrons. The fourth-order valence-corrected chi connectivity index (χ4v) is 5.03. The van der Waals surface area contributed by atoms with Crippen LogP contribution in [0.4, 0.5) is 0 Å². The number of carbonyl (C=O) groups excluding carboxylic acids is 3. The van der Waals surface area contributed by atoms with Gasteiger partial charge in [-0.25, -0.2) is 14.4 Å². The number of likely N-dealkylation sites (tertiary alicyclic amines) is 1. The van der Waals surface area contributed by atoms with Gasteiger partial charge in [0.15, 0.2) is 5.60 Å². The predicted molar refractivity (Wildman–Crippen MR) is 136 cm³/mol. The van der Waals surface area contributed by atoms with Crippen molar-refractivity contribution in [2.24, 2.45) is 0 Å². The number of aliphatic carboxylic acids is 1. The number of hydrogen-bond donors (Lipinski definition) is 5. The van der Waals surface area contributed by atoms with E-state index in [4.69, 9.17) is 14.6 Å². The Kier molecular flexibility index (Phi) is 6.53. The van der Waals surface area contributed by atoms with Crippen molar-refractivity contribution in [3.05, 3.63) is 81.9 Å². The number of aromatic carboxylic acids is 2. The van der Waals surface area contributed by atoms with Crippen LogP contribution >= 0.6 is 0 Å². The van der Waals surface area contributed by atoms with Crippen molar-refractivity contribution < 1.29 is 63.8 Å². The fourth-order valence-electron chi connectivity index (χ4n) is 5.03. The maximum atomic E-state index is 12.8. The van der Waals surface area contributed by atoms with Crippen LogP contribution in [0.25, 0.3) is 0 Å². The molecule has 3 aliphatic rings. The van der Waals surface area contributed by atoms with Crippen molar-refractivity contribution in [2.45, 2.75) is 18.4 Å². The summed E-state index contributed by atoms with van der Waals surface area (Å²) in [5.41, 5.74) is -2.13. The zero-order chi connectivity index (χ0) is 30.5. The zero-order valence-corrected chi connectivity index (χ0v) is 21.2. The van der Waals surface area contributed by atoms with Gasteiger partial charge in [-0.15, -0.1) is 0 Å². The quantitative estimate of drug-likeness (QED) is 0.222. The number of fused-ring (bicyclic) bond motifs is 6. The summed E-state index contributed by atoms with van der Waals surface area (Å²) in [4.78, 5) is 68.6. The van der Waals surface area contributed by atoms with E-state index in [0.717, 1.165) is 17.0 Å². The van der Waals surface area contributed by atoms with Crippen LogP contribution in [0.2, 0.25) is 0 Å². The molecule has 0 radical (unpaired) electrons. The van der Waals surface area contributed by atoms with Crippen LogP contribution in [-0.4, -0.2) is 72.7 Å². The maximum absolute atomic E-state index is 12.8. The Morgan fingerprint density at radius 1 is 0.738 bits per heavy atom. The van der Waals surface area contributed by atoms with Crippen molar-refractivity contribution in [3.8, 4) is 23.0 Å².